The van der Waals surface area contributed by atoms with Gasteiger partial charge in [-0.1, -0.05) is 71.8 Å². The molecule has 0 aliphatic rings. The number of benzene rings is 4. The maximum atomic E-state index is 14.7. The van der Waals surface area contributed by atoms with E-state index in [1.807, 2.05) is 58.0 Å². The standard InChI is InChI=1S/C37H42ClN3O6S/c1-26-12-19-31(20-13-26)48(44,45)41(30-18-21-33(46-5)34(23-30)47-6)25-35(42)40(24-28-14-16-29(38)17-15-28)32(36(43)39-37(2,3)4)22-27-10-8-7-9-11-27/h7-21,23,32H,22,24-25H2,1-6H3,(H,39,43)/t32-/m0/s1. The van der Waals surface area contributed by atoms with Gasteiger partial charge in [0.05, 0.1) is 24.8 Å². The van der Waals surface area contributed by atoms with E-state index in [9.17, 15) is 18.0 Å². The molecule has 0 bridgehead atoms. The fourth-order valence-electron chi connectivity index (χ4n) is 5.14. The highest BCUT2D eigenvalue weighted by Crippen LogP contribution is 2.34. The van der Waals surface area contributed by atoms with Gasteiger partial charge in [-0.05, 0) is 75.2 Å². The first kappa shape index (κ1) is 36.3. The molecule has 0 saturated heterocycles. The molecule has 9 nitrogen and oxygen atoms in total. The van der Waals surface area contributed by atoms with Crippen LogP contribution in [0.4, 0.5) is 5.69 Å². The monoisotopic (exact) mass is 691 g/mol. The third-order valence-corrected chi connectivity index (χ3v) is 9.62. The summed E-state index contributed by atoms with van der Waals surface area (Å²) in [6, 6.07) is 26.4. The van der Waals surface area contributed by atoms with Gasteiger partial charge in [0, 0.05) is 29.6 Å². The van der Waals surface area contributed by atoms with E-state index >= 15 is 0 Å². The third-order valence-electron chi connectivity index (χ3n) is 7.58. The van der Waals surface area contributed by atoms with E-state index in [1.165, 1.54) is 37.3 Å². The summed E-state index contributed by atoms with van der Waals surface area (Å²) in [5.74, 6) is -0.268. The van der Waals surface area contributed by atoms with Crippen molar-refractivity contribution in [2.24, 2.45) is 0 Å². The number of rotatable bonds is 13. The van der Waals surface area contributed by atoms with Crippen molar-refractivity contribution in [1.29, 1.82) is 0 Å². The molecule has 0 heterocycles. The Hall–Kier alpha value is -4.54. The average molecular weight is 692 g/mol. The van der Waals surface area contributed by atoms with Crippen molar-refractivity contribution in [2.75, 3.05) is 25.1 Å². The second-order valence-electron chi connectivity index (χ2n) is 12.5. The Morgan fingerprint density at radius 3 is 2.04 bits per heavy atom. The first-order valence-electron chi connectivity index (χ1n) is 15.4. The molecule has 0 spiro atoms. The Morgan fingerprint density at radius 2 is 1.46 bits per heavy atom. The van der Waals surface area contributed by atoms with Gasteiger partial charge in [-0.25, -0.2) is 8.42 Å². The largest absolute Gasteiger partial charge is 0.493 e. The lowest BCUT2D eigenvalue weighted by Gasteiger charge is -2.35. The highest BCUT2D eigenvalue weighted by Gasteiger charge is 2.36. The molecular weight excluding hydrogens is 650 g/mol. The Bertz CT molecular complexity index is 1810. The number of halogens is 1. The smallest absolute Gasteiger partial charge is 0.264 e. The van der Waals surface area contributed by atoms with Gasteiger partial charge in [0.2, 0.25) is 11.8 Å². The number of carbonyl (C=O) groups excluding carboxylic acids is 2. The molecule has 11 heteroatoms. The van der Waals surface area contributed by atoms with Crippen molar-refractivity contribution in [3.63, 3.8) is 0 Å². The van der Waals surface area contributed by atoms with E-state index in [0.717, 1.165) is 15.4 Å². The van der Waals surface area contributed by atoms with Crippen LogP contribution < -0.4 is 19.1 Å². The molecule has 0 radical (unpaired) electrons. The highest BCUT2D eigenvalue weighted by atomic mass is 35.5. The number of aryl methyl sites for hydroxylation is 1. The van der Waals surface area contributed by atoms with Gasteiger partial charge in [0.25, 0.3) is 10.0 Å². The summed E-state index contributed by atoms with van der Waals surface area (Å²) in [5.41, 5.74) is 2.02. The number of sulfonamides is 1. The lowest BCUT2D eigenvalue weighted by atomic mass is 10.0. The second kappa shape index (κ2) is 15.6. The number of nitrogens with one attached hydrogen (secondary N) is 1. The first-order chi connectivity index (χ1) is 22.7. The van der Waals surface area contributed by atoms with Crippen LogP contribution in [0, 0.1) is 6.92 Å². The van der Waals surface area contributed by atoms with Crippen LogP contribution in [-0.2, 0) is 32.6 Å². The number of hydrogen-bond acceptors (Lipinski definition) is 6. The van der Waals surface area contributed by atoms with E-state index in [-0.39, 0.29) is 35.2 Å². The van der Waals surface area contributed by atoms with E-state index in [2.05, 4.69) is 5.32 Å². The number of ether oxygens (including phenoxy) is 2. The summed E-state index contributed by atoms with van der Waals surface area (Å²) >= 11 is 6.17. The lowest BCUT2D eigenvalue weighted by Crippen LogP contribution is -2.56. The van der Waals surface area contributed by atoms with Crippen LogP contribution >= 0.6 is 11.6 Å². The van der Waals surface area contributed by atoms with Gasteiger partial charge in [-0.3, -0.25) is 13.9 Å². The fraction of sp³-hybridized carbons (Fsp3) is 0.297. The molecule has 2 amide bonds. The Kier molecular flexibility index (Phi) is 11.8. The number of carbonyl (C=O) groups is 2. The number of hydrogen-bond donors (Lipinski definition) is 1. The van der Waals surface area contributed by atoms with Crippen LogP contribution in [0.15, 0.2) is 102 Å². The maximum Gasteiger partial charge on any atom is 0.264 e. The predicted octanol–water partition coefficient (Wildman–Crippen LogP) is 6.42. The van der Waals surface area contributed by atoms with Gasteiger partial charge < -0.3 is 19.7 Å². The predicted molar refractivity (Wildman–Crippen MR) is 189 cm³/mol. The Labute approximate surface area is 288 Å². The fourth-order valence-corrected chi connectivity index (χ4v) is 6.67. The summed E-state index contributed by atoms with van der Waals surface area (Å²) in [7, 11) is -1.36. The molecule has 1 atom stereocenters. The van der Waals surface area contributed by atoms with Crippen molar-refractivity contribution < 1.29 is 27.5 Å². The summed E-state index contributed by atoms with van der Waals surface area (Å²) in [4.78, 5) is 30.1. The van der Waals surface area contributed by atoms with Crippen molar-refractivity contribution in [1.82, 2.24) is 10.2 Å². The molecule has 48 heavy (non-hydrogen) atoms. The molecule has 0 fully saturated rings. The molecule has 0 aliphatic carbocycles. The van der Waals surface area contributed by atoms with Crippen molar-refractivity contribution in [3.05, 3.63) is 119 Å². The number of nitrogens with zero attached hydrogens (tertiary/aromatic N) is 2. The summed E-state index contributed by atoms with van der Waals surface area (Å²) in [6.07, 6.45) is 0.198. The minimum atomic E-state index is -4.28. The molecule has 254 valence electrons. The summed E-state index contributed by atoms with van der Waals surface area (Å²) in [5, 5.41) is 3.55. The molecule has 0 aliphatic heterocycles. The van der Waals surface area contributed by atoms with Crippen LogP contribution in [0.5, 0.6) is 11.5 Å². The molecule has 1 N–H and O–H groups in total. The van der Waals surface area contributed by atoms with Crippen LogP contribution in [0.25, 0.3) is 0 Å². The molecule has 0 unspecified atom stereocenters. The van der Waals surface area contributed by atoms with E-state index in [4.69, 9.17) is 21.1 Å². The zero-order valence-electron chi connectivity index (χ0n) is 28.1. The zero-order valence-corrected chi connectivity index (χ0v) is 29.6. The van der Waals surface area contributed by atoms with Crippen LogP contribution in [0.2, 0.25) is 5.02 Å². The topological polar surface area (TPSA) is 105 Å². The molecule has 0 saturated carbocycles. The number of anilines is 1. The number of methoxy groups -OCH3 is 2. The normalized spacial score (nSPS) is 12.1. The Morgan fingerprint density at radius 1 is 0.833 bits per heavy atom. The van der Waals surface area contributed by atoms with Crippen LogP contribution in [-0.4, -0.2) is 57.5 Å². The van der Waals surface area contributed by atoms with Crippen molar-refractivity contribution >= 4 is 39.1 Å². The van der Waals surface area contributed by atoms with Crippen molar-refractivity contribution in [3.8, 4) is 11.5 Å². The maximum absolute atomic E-state index is 14.7. The number of amides is 2. The van der Waals surface area contributed by atoms with Gasteiger partial charge >= 0.3 is 0 Å². The average Bonchev–Trinajstić information content (AvgIpc) is 3.05. The van der Waals surface area contributed by atoms with E-state index < -0.39 is 34.1 Å². The highest BCUT2D eigenvalue weighted by molar-refractivity contribution is 7.92. The van der Waals surface area contributed by atoms with Gasteiger partial charge in [0.1, 0.15) is 12.6 Å². The first-order valence-corrected chi connectivity index (χ1v) is 17.2. The molecule has 0 aromatic heterocycles. The van der Waals surface area contributed by atoms with Gasteiger partial charge in [-0.15, -0.1) is 0 Å². The second-order valence-corrected chi connectivity index (χ2v) is 14.8. The molecule has 4 aromatic carbocycles. The van der Waals surface area contributed by atoms with Gasteiger partial charge in [0.15, 0.2) is 11.5 Å². The summed E-state index contributed by atoms with van der Waals surface area (Å²) in [6.45, 7) is 6.87. The molecule has 4 aromatic rings. The van der Waals surface area contributed by atoms with Crippen molar-refractivity contribution in [2.45, 2.75) is 57.1 Å². The van der Waals surface area contributed by atoms with E-state index in [0.29, 0.717) is 16.3 Å². The van der Waals surface area contributed by atoms with Gasteiger partial charge in [-0.2, -0.15) is 0 Å². The van der Waals surface area contributed by atoms with Crippen LogP contribution in [0.3, 0.4) is 0 Å². The lowest BCUT2D eigenvalue weighted by molar-refractivity contribution is -0.140. The SMILES string of the molecule is COc1ccc(N(CC(=O)N(Cc2ccc(Cl)cc2)[C@@H](Cc2ccccc2)C(=O)NC(C)(C)C)S(=O)(=O)c2ccc(C)cc2)cc1OC. The molecule has 4 rings (SSSR count). The Balaban J connectivity index is 1.85. The quantitative estimate of drug-likeness (QED) is 0.174. The third kappa shape index (κ3) is 9.29. The minimum absolute atomic E-state index is 0.00578. The summed E-state index contributed by atoms with van der Waals surface area (Å²) < 4.78 is 40.5. The van der Waals surface area contributed by atoms with Crippen LogP contribution in [0.1, 0.15) is 37.5 Å². The molecular formula is C37H42ClN3O6S. The van der Waals surface area contributed by atoms with E-state index in [1.54, 1.807) is 48.5 Å². The minimum Gasteiger partial charge on any atom is -0.493 e. The zero-order chi connectivity index (χ0) is 35.1.